The van der Waals surface area contributed by atoms with Crippen molar-refractivity contribution in [2.75, 3.05) is 26.8 Å². The Labute approximate surface area is 77.0 Å². The Morgan fingerprint density at radius 2 is 2.15 bits per heavy atom. The van der Waals surface area contributed by atoms with Crippen molar-refractivity contribution in [1.29, 1.82) is 0 Å². The highest BCUT2D eigenvalue weighted by Crippen LogP contribution is 1.89. The molecule has 0 heterocycles. The summed E-state index contributed by atoms with van der Waals surface area (Å²) in [6, 6.07) is 0. The molecule has 13 heavy (non-hydrogen) atoms. The largest absolute Gasteiger partial charge is 0.383 e. The number of nitrogens with one attached hydrogen (secondary N) is 1. The zero-order valence-electron chi connectivity index (χ0n) is 7.87. The number of carbonyl (C=O) groups excluding carboxylic acids is 2. The van der Waals surface area contributed by atoms with E-state index in [0.29, 0.717) is 19.7 Å². The maximum atomic E-state index is 11.2. The summed E-state index contributed by atoms with van der Waals surface area (Å²) < 4.78 is 4.78. The van der Waals surface area contributed by atoms with E-state index in [1.807, 2.05) is 0 Å². The molecular weight excluding hydrogens is 174 g/mol. The third-order valence-electron chi connectivity index (χ3n) is 1.56. The fraction of sp³-hybridized carbons (Fsp3) is 0.714. The molecule has 2 amide bonds. The standard InChI is InChI=1S/C7H15N3O3/c1-3-10(4-5-13-2)7(12)6(11)9-8/h3-5,8H2,1-2H3,(H,9,11). The van der Waals surface area contributed by atoms with Gasteiger partial charge in [-0.05, 0) is 6.92 Å². The quantitative estimate of drug-likeness (QED) is 0.243. The summed E-state index contributed by atoms with van der Waals surface area (Å²) in [4.78, 5) is 23.3. The number of hydrogen-bond acceptors (Lipinski definition) is 4. The van der Waals surface area contributed by atoms with E-state index in [1.165, 1.54) is 12.0 Å². The van der Waals surface area contributed by atoms with E-state index in [4.69, 9.17) is 10.6 Å². The van der Waals surface area contributed by atoms with E-state index >= 15 is 0 Å². The van der Waals surface area contributed by atoms with E-state index in [0.717, 1.165) is 0 Å². The summed E-state index contributed by atoms with van der Waals surface area (Å²) in [7, 11) is 1.53. The number of ether oxygens (including phenoxy) is 1. The van der Waals surface area contributed by atoms with Gasteiger partial charge in [-0.25, -0.2) is 5.84 Å². The third-order valence-corrected chi connectivity index (χ3v) is 1.56. The van der Waals surface area contributed by atoms with Crippen molar-refractivity contribution in [3.05, 3.63) is 0 Å². The molecule has 0 bridgehead atoms. The molecule has 0 radical (unpaired) electrons. The van der Waals surface area contributed by atoms with Gasteiger partial charge in [-0.3, -0.25) is 15.0 Å². The van der Waals surface area contributed by atoms with Crippen LogP contribution >= 0.6 is 0 Å². The SMILES string of the molecule is CCN(CCOC)C(=O)C(=O)NN. The number of rotatable bonds is 4. The zero-order valence-corrected chi connectivity index (χ0v) is 7.87. The third kappa shape index (κ3) is 3.86. The van der Waals surface area contributed by atoms with Gasteiger partial charge in [0.05, 0.1) is 6.61 Å². The van der Waals surface area contributed by atoms with Crippen molar-refractivity contribution in [2.24, 2.45) is 5.84 Å². The van der Waals surface area contributed by atoms with Crippen LogP contribution in [0.15, 0.2) is 0 Å². The van der Waals surface area contributed by atoms with Gasteiger partial charge in [-0.1, -0.05) is 0 Å². The molecule has 0 unspecified atom stereocenters. The van der Waals surface area contributed by atoms with Crippen LogP contribution in [0.1, 0.15) is 6.92 Å². The molecule has 0 aromatic heterocycles. The first-order valence-electron chi connectivity index (χ1n) is 3.96. The van der Waals surface area contributed by atoms with Crippen LogP contribution in [0.3, 0.4) is 0 Å². The first-order valence-corrected chi connectivity index (χ1v) is 3.96. The highest BCUT2D eigenvalue weighted by atomic mass is 16.5. The van der Waals surface area contributed by atoms with Crippen LogP contribution in [-0.4, -0.2) is 43.5 Å². The minimum absolute atomic E-state index is 0.388. The number of nitrogens with zero attached hydrogens (tertiary/aromatic N) is 1. The maximum absolute atomic E-state index is 11.2. The van der Waals surface area contributed by atoms with Crippen LogP contribution in [-0.2, 0) is 14.3 Å². The number of likely N-dealkylation sites (N-methyl/N-ethyl adjacent to an activating group) is 1. The number of carbonyl (C=O) groups is 2. The molecule has 0 atom stereocenters. The lowest BCUT2D eigenvalue weighted by molar-refractivity contribution is -0.146. The van der Waals surface area contributed by atoms with Crippen LogP contribution in [0.5, 0.6) is 0 Å². The minimum atomic E-state index is -0.807. The predicted molar refractivity (Wildman–Crippen MR) is 46.5 cm³/mol. The second kappa shape index (κ2) is 6.38. The lowest BCUT2D eigenvalue weighted by Crippen LogP contribution is -2.46. The smallest absolute Gasteiger partial charge is 0.323 e. The van der Waals surface area contributed by atoms with Crippen LogP contribution in [0, 0.1) is 0 Å². The summed E-state index contributed by atoms with van der Waals surface area (Å²) in [5, 5.41) is 0. The number of nitrogens with two attached hydrogens (primary N) is 1. The highest BCUT2D eigenvalue weighted by Gasteiger charge is 2.18. The molecule has 0 rings (SSSR count). The van der Waals surface area contributed by atoms with Crippen molar-refractivity contribution in [3.8, 4) is 0 Å². The molecule has 0 fully saturated rings. The molecule has 0 saturated carbocycles. The van der Waals surface area contributed by atoms with E-state index in [1.54, 1.807) is 12.3 Å². The van der Waals surface area contributed by atoms with Crippen LogP contribution in [0.25, 0.3) is 0 Å². The van der Waals surface area contributed by atoms with E-state index < -0.39 is 11.8 Å². The Morgan fingerprint density at radius 1 is 1.54 bits per heavy atom. The van der Waals surface area contributed by atoms with Gasteiger partial charge in [0.15, 0.2) is 0 Å². The zero-order chi connectivity index (χ0) is 10.3. The summed E-state index contributed by atoms with van der Waals surface area (Å²) in [5.41, 5.74) is 1.78. The topological polar surface area (TPSA) is 84.7 Å². The van der Waals surface area contributed by atoms with Crippen molar-refractivity contribution < 1.29 is 14.3 Å². The summed E-state index contributed by atoms with van der Waals surface area (Å²) in [5.74, 6) is 3.37. The van der Waals surface area contributed by atoms with Gasteiger partial charge in [0.25, 0.3) is 0 Å². The number of methoxy groups -OCH3 is 1. The Bertz CT molecular complexity index is 184. The van der Waals surface area contributed by atoms with Gasteiger partial charge in [0, 0.05) is 20.2 Å². The molecule has 6 nitrogen and oxygen atoms in total. The van der Waals surface area contributed by atoms with Crippen molar-refractivity contribution in [3.63, 3.8) is 0 Å². The second-order valence-corrected chi connectivity index (χ2v) is 2.35. The van der Waals surface area contributed by atoms with Crippen LogP contribution in [0.2, 0.25) is 0 Å². The molecule has 6 heteroatoms. The summed E-state index contributed by atoms with van der Waals surface area (Å²) in [6.45, 7) is 3.02. The Balaban J connectivity index is 4.06. The molecule has 0 aromatic carbocycles. The fourth-order valence-corrected chi connectivity index (χ4v) is 0.810. The molecule has 0 saturated heterocycles. The van der Waals surface area contributed by atoms with Crippen molar-refractivity contribution >= 4 is 11.8 Å². The highest BCUT2D eigenvalue weighted by molar-refractivity contribution is 6.34. The summed E-state index contributed by atoms with van der Waals surface area (Å²) >= 11 is 0. The van der Waals surface area contributed by atoms with Crippen LogP contribution < -0.4 is 11.3 Å². The minimum Gasteiger partial charge on any atom is -0.383 e. The van der Waals surface area contributed by atoms with Gasteiger partial charge in [0.2, 0.25) is 0 Å². The predicted octanol–water partition coefficient (Wildman–Crippen LogP) is -1.53. The molecule has 0 spiro atoms. The normalized spacial score (nSPS) is 9.46. The van der Waals surface area contributed by atoms with E-state index in [2.05, 4.69) is 0 Å². The van der Waals surface area contributed by atoms with Crippen molar-refractivity contribution in [2.45, 2.75) is 6.92 Å². The molecular formula is C7H15N3O3. The van der Waals surface area contributed by atoms with Gasteiger partial charge in [-0.15, -0.1) is 0 Å². The van der Waals surface area contributed by atoms with E-state index in [9.17, 15) is 9.59 Å². The fourth-order valence-electron chi connectivity index (χ4n) is 0.810. The summed E-state index contributed by atoms with van der Waals surface area (Å²) in [6.07, 6.45) is 0. The number of hydrazine groups is 1. The lowest BCUT2D eigenvalue weighted by atomic mass is 10.4. The molecule has 0 aromatic rings. The lowest BCUT2D eigenvalue weighted by Gasteiger charge is -2.18. The maximum Gasteiger partial charge on any atom is 0.323 e. The second-order valence-electron chi connectivity index (χ2n) is 2.35. The van der Waals surface area contributed by atoms with Gasteiger partial charge >= 0.3 is 11.8 Å². The first-order chi connectivity index (χ1) is 6.17. The molecule has 3 N–H and O–H groups in total. The van der Waals surface area contributed by atoms with Gasteiger partial charge < -0.3 is 9.64 Å². The number of amides is 2. The van der Waals surface area contributed by atoms with Crippen molar-refractivity contribution in [1.82, 2.24) is 10.3 Å². The van der Waals surface area contributed by atoms with Gasteiger partial charge in [-0.2, -0.15) is 0 Å². The average molecular weight is 189 g/mol. The first kappa shape index (κ1) is 11.9. The monoisotopic (exact) mass is 189 g/mol. The average Bonchev–Trinajstić information content (AvgIpc) is 2.17. The Kier molecular flexibility index (Phi) is 5.82. The molecule has 0 aliphatic rings. The molecule has 0 aliphatic heterocycles. The Morgan fingerprint density at radius 3 is 2.54 bits per heavy atom. The van der Waals surface area contributed by atoms with Gasteiger partial charge in [0.1, 0.15) is 0 Å². The van der Waals surface area contributed by atoms with E-state index in [-0.39, 0.29) is 0 Å². The molecule has 0 aliphatic carbocycles. The van der Waals surface area contributed by atoms with Crippen LogP contribution in [0.4, 0.5) is 0 Å². The number of hydrogen-bond donors (Lipinski definition) is 2. The molecule has 76 valence electrons. The Hall–Kier alpha value is -1.14.